The highest BCUT2D eigenvalue weighted by Crippen LogP contribution is 2.44. The van der Waals surface area contributed by atoms with Gasteiger partial charge in [-0.2, -0.15) is 0 Å². The van der Waals surface area contributed by atoms with Crippen molar-refractivity contribution in [1.29, 1.82) is 0 Å². The summed E-state index contributed by atoms with van der Waals surface area (Å²) in [7, 11) is 1.81. The molecule has 2 bridgehead atoms. The summed E-state index contributed by atoms with van der Waals surface area (Å²) in [5, 5.41) is 3.66. The van der Waals surface area contributed by atoms with Crippen LogP contribution in [0.25, 0.3) is 0 Å². The molecule has 1 aliphatic carbocycles. The predicted octanol–water partition coefficient (Wildman–Crippen LogP) is 4.80. The van der Waals surface area contributed by atoms with E-state index in [9.17, 15) is 4.39 Å². The first-order chi connectivity index (χ1) is 15.7. The fourth-order valence-corrected chi connectivity index (χ4v) is 6.18. The van der Waals surface area contributed by atoms with Crippen LogP contribution in [-0.2, 0) is 4.74 Å². The summed E-state index contributed by atoms with van der Waals surface area (Å²) >= 11 is 0. The highest BCUT2D eigenvalue weighted by atomic mass is 19.1. The molecule has 2 aliphatic heterocycles. The number of methoxy groups -OCH3 is 1. The molecule has 172 valence electrons. The van der Waals surface area contributed by atoms with Gasteiger partial charge in [-0.15, -0.1) is 0 Å². The predicted molar refractivity (Wildman–Crippen MR) is 128 cm³/mol. The van der Waals surface area contributed by atoms with Gasteiger partial charge in [0, 0.05) is 69.6 Å². The van der Waals surface area contributed by atoms with Gasteiger partial charge in [0.25, 0.3) is 0 Å². The molecule has 3 fully saturated rings. The molecule has 6 heteroatoms. The summed E-state index contributed by atoms with van der Waals surface area (Å²) in [5.41, 5.74) is 2.24. The molecule has 2 unspecified atom stereocenters. The van der Waals surface area contributed by atoms with Gasteiger partial charge in [-0.3, -0.25) is 0 Å². The number of anilines is 3. The van der Waals surface area contributed by atoms with Gasteiger partial charge < -0.3 is 19.9 Å². The first-order valence-corrected chi connectivity index (χ1v) is 12.2. The topological polar surface area (TPSA) is 40.6 Å². The zero-order valence-corrected chi connectivity index (χ0v) is 19.0. The highest BCUT2D eigenvalue weighted by molar-refractivity contribution is 5.55. The van der Waals surface area contributed by atoms with E-state index in [1.54, 1.807) is 12.1 Å². The smallest absolute Gasteiger partial charge is 0.128 e. The quantitative estimate of drug-likeness (QED) is 0.672. The maximum absolute atomic E-state index is 13.7. The molecule has 1 N–H and O–H groups in total. The lowest BCUT2D eigenvalue weighted by atomic mass is 9.83. The van der Waals surface area contributed by atoms with Crippen LogP contribution in [0, 0.1) is 23.6 Å². The van der Waals surface area contributed by atoms with E-state index < -0.39 is 0 Å². The SMILES string of the molecule is COCCC1C2CCC1CN(c1ccnc(N[C@@H]3CCCN(c4cccc(F)c4)C3)c1)C2. The lowest BCUT2D eigenvalue weighted by Crippen LogP contribution is -2.43. The zero-order valence-electron chi connectivity index (χ0n) is 19.0. The first-order valence-electron chi connectivity index (χ1n) is 12.2. The van der Waals surface area contributed by atoms with E-state index in [1.165, 1.54) is 31.0 Å². The molecule has 5 nitrogen and oxygen atoms in total. The molecule has 3 atom stereocenters. The van der Waals surface area contributed by atoms with E-state index in [2.05, 4.69) is 32.2 Å². The zero-order chi connectivity index (χ0) is 21.9. The van der Waals surface area contributed by atoms with Crippen molar-refractivity contribution < 1.29 is 9.13 Å². The van der Waals surface area contributed by atoms with E-state index in [1.807, 2.05) is 19.4 Å². The van der Waals surface area contributed by atoms with Crippen molar-refractivity contribution in [1.82, 2.24) is 4.98 Å². The number of fused-ring (bicyclic) bond motifs is 2. The van der Waals surface area contributed by atoms with Gasteiger partial charge in [-0.1, -0.05) is 6.07 Å². The average molecular weight is 439 g/mol. The molecule has 0 radical (unpaired) electrons. The van der Waals surface area contributed by atoms with Crippen molar-refractivity contribution >= 4 is 17.2 Å². The lowest BCUT2D eigenvalue weighted by Gasteiger charge is -2.39. The van der Waals surface area contributed by atoms with Crippen molar-refractivity contribution in [3.8, 4) is 0 Å². The third-order valence-corrected chi connectivity index (χ3v) is 7.74. The summed E-state index contributed by atoms with van der Waals surface area (Å²) in [6, 6.07) is 11.6. The number of benzene rings is 1. The van der Waals surface area contributed by atoms with Crippen molar-refractivity contribution in [2.24, 2.45) is 17.8 Å². The van der Waals surface area contributed by atoms with E-state index in [-0.39, 0.29) is 5.82 Å². The van der Waals surface area contributed by atoms with Gasteiger partial charge in [0.2, 0.25) is 0 Å². The number of hydrogen-bond acceptors (Lipinski definition) is 5. The summed E-state index contributed by atoms with van der Waals surface area (Å²) in [6.45, 7) is 5.01. The highest BCUT2D eigenvalue weighted by Gasteiger charge is 2.41. The summed E-state index contributed by atoms with van der Waals surface area (Å²) < 4.78 is 19.0. The second kappa shape index (κ2) is 9.65. The summed E-state index contributed by atoms with van der Waals surface area (Å²) in [4.78, 5) is 9.46. The van der Waals surface area contributed by atoms with Crippen molar-refractivity contribution in [3.63, 3.8) is 0 Å². The third kappa shape index (κ3) is 4.70. The minimum Gasteiger partial charge on any atom is -0.385 e. The molecule has 1 saturated carbocycles. The van der Waals surface area contributed by atoms with Crippen molar-refractivity contribution in [3.05, 3.63) is 48.4 Å². The molecule has 3 aliphatic rings. The van der Waals surface area contributed by atoms with Crippen LogP contribution in [-0.4, -0.2) is 50.9 Å². The largest absolute Gasteiger partial charge is 0.385 e. The van der Waals surface area contributed by atoms with Crippen LogP contribution in [0.1, 0.15) is 32.1 Å². The van der Waals surface area contributed by atoms with E-state index in [4.69, 9.17) is 4.74 Å². The second-order valence-electron chi connectivity index (χ2n) is 9.76. The molecule has 0 spiro atoms. The number of piperidine rings is 2. The van der Waals surface area contributed by atoms with Gasteiger partial charge in [-0.25, -0.2) is 9.37 Å². The Labute approximate surface area is 191 Å². The van der Waals surface area contributed by atoms with Gasteiger partial charge in [0.05, 0.1) is 0 Å². The Bertz CT molecular complexity index is 895. The molecule has 0 amide bonds. The van der Waals surface area contributed by atoms with Crippen LogP contribution in [0.4, 0.5) is 21.6 Å². The molecule has 1 aromatic heterocycles. The Morgan fingerprint density at radius 2 is 1.84 bits per heavy atom. The monoisotopic (exact) mass is 438 g/mol. The van der Waals surface area contributed by atoms with E-state index >= 15 is 0 Å². The number of aromatic nitrogens is 1. The molecular formula is C26H35FN4O. The van der Waals surface area contributed by atoms with Crippen LogP contribution in [0.3, 0.4) is 0 Å². The number of rotatable bonds is 7. The summed E-state index contributed by atoms with van der Waals surface area (Å²) in [6.07, 6.45) is 8.03. The number of nitrogens with one attached hydrogen (secondary N) is 1. The van der Waals surface area contributed by atoms with Gasteiger partial charge in [0.15, 0.2) is 0 Å². The Morgan fingerprint density at radius 1 is 1.03 bits per heavy atom. The number of ether oxygens (including phenoxy) is 1. The Balaban J connectivity index is 1.22. The minimum atomic E-state index is -0.174. The average Bonchev–Trinajstić information content (AvgIpc) is 3.04. The van der Waals surface area contributed by atoms with Gasteiger partial charge >= 0.3 is 0 Å². The standard InChI is InChI=1S/C26H35FN4O/c1-32-13-10-25-19-7-8-20(25)17-31(16-19)24-9-11-28-26(15-24)29-22-5-3-12-30(18-22)23-6-2-4-21(27)14-23/h2,4,6,9,11,14-15,19-20,22,25H,3,5,7-8,10,12-13,16-18H2,1H3,(H,28,29)/t19?,20?,22-,25?/m1/s1. The Hall–Kier alpha value is -2.34. The number of pyridine rings is 1. The molecule has 3 heterocycles. The van der Waals surface area contributed by atoms with E-state index in [0.717, 1.165) is 74.9 Å². The maximum Gasteiger partial charge on any atom is 0.128 e. The third-order valence-electron chi connectivity index (χ3n) is 7.74. The van der Waals surface area contributed by atoms with Crippen LogP contribution < -0.4 is 15.1 Å². The minimum absolute atomic E-state index is 0.174. The van der Waals surface area contributed by atoms with Crippen molar-refractivity contribution in [2.75, 3.05) is 55.0 Å². The molecular weight excluding hydrogens is 403 g/mol. The van der Waals surface area contributed by atoms with Crippen molar-refractivity contribution in [2.45, 2.75) is 38.1 Å². The van der Waals surface area contributed by atoms with Crippen LogP contribution in [0.5, 0.6) is 0 Å². The molecule has 5 rings (SSSR count). The molecule has 1 aromatic carbocycles. The normalized spacial score (nSPS) is 27.6. The lowest BCUT2D eigenvalue weighted by molar-refractivity contribution is 0.145. The number of halogens is 1. The first kappa shape index (κ1) is 21.5. The second-order valence-corrected chi connectivity index (χ2v) is 9.76. The van der Waals surface area contributed by atoms with Crippen LogP contribution >= 0.6 is 0 Å². The Kier molecular flexibility index (Phi) is 6.49. The van der Waals surface area contributed by atoms with Crippen LogP contribution in [0.15, 0.2) is 42.6 Å². The fraction of sp³-hybridized carbons (Fsp3) is 0.577. The van der Waals surface area contributed by atoms with E-state index in [0.29, 0.717) is 6.04 Å². The number of nitrogens with zero attached hydrogens (tertiary/aromatic N) is 3. The fourth-order valence-electron chi connectivity index (χ4n) is 6.18. The molecule has 2 saturated heterocycles. The van der Waals surface area contributed by atoms with Crippen LogP contribution in [0.2, 0.25) is 0 Å². The van der Waals surface area contributed by atoms with Gasteiger partial charge in [0.1, 0.15) is 11.6 Å². The molecule has 2 aromatic rings. The summed E-state index contributed by atoms with van der Waals surface area (Å²) in [5.74, 6) is 3.16. The van der Waals surface area contributed by atoms with Gasteiger partial charge in [-0.05, 0) is 74.1 Å². The number of hydrogen-bond donors (Lipinski definition) is 1. The maximum atomic E-state index is 13.7. The Morgan fingerprint density at radius 3 is 2.62 bits per heavy atom. The molecule has 32 heavy (non-hydrogen) atoms.